The topological polar surface area (TPSA) is 26.0 Å². The van der Waals surface area contributed by atoms with Crippen molar-refractivity contribution in [2.24, 2.45) is 5.73 Å². The molecule has 2 heteroatoms. The predicted molar refractivity (Wildman–Crippen MR) is 59.7 cm³/mol. The molecular weight excluding hydrogens is 189 g/mol. The quantitative estimate of drug-likeness (QED) is 0.794. The highest BCUT2D eigenvalue weighted by molar-refractivity contribution is 5.64. The summed E-state index contributed by atoms with van der Waals surface area (Å²) >= 11 is 0. The normalized spacial score (nSPS) is 10.3. The average molecular weight is 201 g/mol. The Morgan fingerprint density at radius 1 is 0.933 bits per heavy atom. The van der Waals surface area contributed by atoms with E-state index in [1.807, 2.05) is 36.4 Å². The predicted octanol–water partition coefficient (Wildman–Crippen LogP) is 2.95. The van der Waals surface area contributed by atoms with Crippen LogP contribution in [0.5, 0.6) is 0 Å². The Labute approximate surface area is 88.4 Å². The molecule has 1 nitrogen and oxygen atoms in total. The maximum atomic E-state index is 13.2. The fourth-order valence-corrected chi connectivity index (χ4v) is 1.57. The van der Waals surface area contributed by atoms with Gasteiger partial charge >= 0.3 is 0 Å². The lowest BCUT2D eigenvalue weighted by Crippen LogP contribution is -1.97. The number of rotatable bonds is 2. The first-order chi connectivity index (χ1) is 7.29. The molecule has 15 heavy (non-hydrogen) atoms. The summed E-state index contributed by atoms with van der Waals surface area (Å²) in [5.74, 6) is -0.239. The van der Waals surface area contributed by atoms with Crippen LogP contribution in [0, 0.1) is 5.82 Å². The van der Waals surface area contributed by atoms with Gasteiger partial charge in [-0.05, 0) is 34.9 Å². The first kappa shape index (κ1) is 9.87. The van der Waals surface area contributed by atoms with Crippen LogP contribution in [0.15, 0.2) is 48.5 Å². The number of hydrogen-bond donors (Lipinski definition) is 1. The molecule has 0 aliphatic heterocycles. The van der Waals surface area contributed by atoms with Crippen LogP contribution in [0.4, 0.5) is 4.39 Å². The van der Waals surface area contributed by atoms with E-state index in [9.17, 15) is 4.39 Å². The Morgan fingerprint density at radius 3 is 2.33 bits per heavy atom. The lowest BCUT2D eigenvalue weighted by atomic mass is 10.0. The van der Waals surface area contributed by atoms with Gasteiger partial charge in [0.25, 0.3) is 0 Å². The van der Waals surface area contributed by atoms with E-state index in [0.717, 1.165) is 16.7 Å². The number of benzene rings is 2. The van der Waals surface area contributed by atoms with Gasteiger partial charge in [-0.1, -0.05) is 30.3 Å². The summed E-state index contributed by atoms with van der Waals surface area (Å²) in [5, 5.41) is 0. The molecule has 0 saturated carbocycles. The smallest absolute Gasteiger partial charge is 0.124 e. The third-order valence-corrected chi connectivity index (χ3v) is 2.30. The highest BCUT2D eigenvalue weighted by Crippen LogP contribution is 2.21. The molecule has 76 valence electrons. The zero-order valence-corrected chi connectivity index (χ0v) is 8.28. The maximum Gasteiger partial charge on any atom is 0.124 e. The van der Waals surface area contributed by atoms with Crippen molar-refractivity contribution >= 4 is 0 Å². The van der Waals surface area contributed by atoms with Gasteiger partial charge in [-0.15, -0.1) is 0 Å². The van der Waals surface area contributed by atoms with Crippen LogP contribution in [0.2, 0.25) is 0 Å². The highest BCUT2D eigenvalue weighted by Gasteiger charge is 2.01. The van der Waals surface area contributed by atoms with Gasteiger partial charge in [0.15, 0.2) is 0 Å². The molecule has 0 fully saturated rings. The van der Waals surface area contributed by atoms with E-state index < -0.39 is 0 Å². The lowest BCUT2D eigenvalue weighted by Gasteiger charge is -2.04. The molecule has 2 aromatic rings. The van der Waals surface area contributed by atoms with E-state index in [4.69, 9.17) is 5.73 Å². The standard InChI is InChI=1S/C13H12FN/c14-13-7-10(9-15)6-12(8-13)11-4-2-1-3-5-11/h1-8H,9,15H2. The summed E-state index contributed by atoms with van der Waals surface area (Å²) in [7, 11) is 0. The van der Waals surface area contributed by atoms with E-state index in [-0.39, 0.29) is 5.82 Å². The molecule has 2 aromatic carbocycles. The van der Waals surface area contributed by atoms with Crippen LogP contribution in [0.3, 0.4) is 0 Å². The van der Waals surface area contributed by atoms with Crippen molar-refractivity contribution in [1.29, 1.82) is 0 Å². The summed E-state index contributed by atoms with van der Waals surface area (Å²) in [5.41, 5.74) is 8.19. The Balaban J connectivity index is 2.49. The minimum absolute atomic E-state index is 0.239. The monoisotopic (exact) mass is 201 g/mol. The fraction of sp³-hybridized carbons (Fsp3) is 0.0769. The zero-order chi connectivity index (χ0) is 10.7. The van der Waals surface area contributed by atoms with Gasteiger partial charge in [0.1, 0.15) is 5.82 Å². The largest absolute Gasteiger partial charge is 0.326 e. The van der Waals surface area contributed by atoms with Gasteiger partial charge in [0.2, 0.25) is 0 Å². The molecule has 0 aliphatic rings. The minimum Gasteiger partial charge on any atom is -0.326 e. The van der Waals surface area contributed by atoms with Gasteiger partial charge in [-0.25, -0.2) is 4.39 Å². The fourth-order valence-electron chi connectivity index (χ4n) is 1.57. The van der Waals surface area contributed by atoms with E-state index in [1.165, 1.54) is 12.1 Å². The maximum absolute atomic E-state index is 13.2. The second kappa shape index (κ2) is 4.24. The van der Waals surface area contributed by atoms with Crippen LogP contribution >= 0.6 is 0 Å². The summed E-state index contributed by atoms with van der Waals surface area (Å²) in [4.78, 5) is 0. The molecule has 0 heterocycles. The number of nitrogens with two attached hydrogens (primary N) is 1. The molecule has 2 N–H and O–H groups in total. The van der Waals surface area contributed by atoms with Crippen molar-refractivity contribution in [2.45, 2.75) is 6.54 Å². The second-order valence-corrected chi connectivity index (χ2v) is 3.42. The molecule has 0 aromatic heterocycles. The third kappa shape index (κ3) is 2.22. The Bertz CT molecular complexity index is 451. The molecule has 0 atom stereocenters. The van der Waals surface area contributed by atoms with Gasteiger partial charge in [-0.2, -0.15) is 0 Å². The minimum atomic E-state index is -0.239. The zero-order valence-electron chi connectivity index (χ0n) is 8.28. The van der Waals surface area contributed by atoms with E-state index in [0.29, 0.717) is 6.54 Å². The van der Waals surface area contributed by atoms with Crippen molar-refractivity contribution in [1.82, 2.24) is 0 Å². The first-order valence-corrected chi connectivity index (χ1v) is 4.84. The average Bonchev–Trinajstić information content (AvgIpc) is 2.29. The molecule has 0 aliphatic carbocycles. The Morgan fingerprint density at radius 2 is 1.67 bits per heavy atom. The van der Waals surface area contributed by atoms with Crippen molar-refractivity contribution in [3.05, 3.63) is 59.9 Å². The molecule has 0 radical (unpaired) electrons. The summed E-state index contributed by atoms with van der Waals surface area (Å²) in [6, 6.07) is 14.6. The molecular formula is C13H12FN. The molecule has 0 saturated heterocycles. The van der Waals surface area contributed by atoms with Crippen LogP contribution in [0.25, 0.3) is 11.1 Å². The Kier molecular flexibility index (Phi) is 2.79. The van der Waals surface area contributed by atoms with Crippen molar-refractivity contribution in [2.75, 3.05) is 0 Å². The first-order valence-electron chi connectivity index (χ1n) is 4.84. The molecule has 0 unspecified atom stereocenters. The van der Waals surface area contributed by atoms with Crippen LogP contribution in [-0.4, -0.2) is 0 Å². The lowest BCUT2D eigenvalue weighted by molar-refractivity contribution is 0.626. The van der Waals surface area contributed by atoms with Crippen LogP contribution in [0.1, 0.15) is 5.56 Å². The molecule has 0 amide bonds. The van der Waals surface area contributed by atoms with E-state index in [1.54, 1.807) is 0 Å². The van der Waals surface area contributed by atoms with Crippen LogP contribution < -0.4 is 5.73 Å². The summed E-state index contributed by atoms with van der Waals surface area (Å²) < 4.78 is 13.2. The number of halogens is 1. The van der Waals surface area contributed by atoms with Gasteiger partial charge in [0, 0.05) is 6.54 Å². The SMILES string of the molecule is NCc1cc(F)cc(-c2ccccc2)c1. The second-order valence-electron chi connectivity index (χ2n) is 3.42. The van der Waals surface area contributed by atoms with Gasteiger partial charge in [-0.3, -0.25) is 0 Å². The molecule has 0 spiro atoms. The summed E-state index contributed by atoms with van der Waals surface area (Å²) in [6.07, 6.45) is 0. The van der Waals surface area contributed by atoms with E-state index in [2.05, 4.69) is 0 Å². The van der Waals surface area contributed by atoms with Crippen molar-refractivity contribution in [3.63, 3.8) is 0 Å². The van der Waals surface area contributed by atoms with Crippen molar-refractivity contribution < 1.29 is 4.39 Å². The molecule has 2 rings (SSSR count). The highest BCUT2D eigenvalue weighted by atomic mass is 19.1. The van der Waals surface area contributed by atoms with E-state index >= 15 is 0 Å². The molecule has 0 bridgehead atoms. The van der Waals surface area contributed by atoms with Gasteiger partial charge in [0.05, 0.1) is 0 Å². The number of hydrogen-bond acceptors (Lipinski definition) is 1. The van der Waals surface area contributed by atoms with Crippen LogP contribution in [-0.2, 0) is 6.54 Å². The van der Waals surface area contributed by atoms with Crippen molar-refractivity contribution in [3.8, 4) is 11.1 Å². The third-order valence-electron chi connectivity index (χ3n) is 2.30. The Hall–Kier alpha value is -1.67. The summed E-state index contributed by atoms with van der Waals surface area (Å²) in [6.45, 7) is 0.359. The van der Waals surface area contributed by atoms with Gasteiger partial charge < -0.3 is 5.73 Å².